The molecule has 0 fully saturated rings. The average molecular weight is 140 g/mol. The third kappa shape index (κ3) is 9.51. The fourth-order valence-electron chi connectivity index (χ4n) is 0.276. The Hall–Kier alpha value is 0.210. The maximum absolute atomic E-state index is 4.82. The lowest BCUT2D eigenvalue weighted by Gasteiger charge is -1.97. The van der Waals surface area contributed by atoms with Crippen LogP contribution in [-0.2, 0) is 4.84 Å². The average Bonchev–Trinajstić information content (AvgIpc) is 1.69. The normalized spacial score (nSPS) is 8.25. The smallest absolute Gasteiger partial charge is 0.0653 e. The highest BCUT2D eigenvalue weighted by Gasteiger charge is 1.75. The second-order valence-electron chi connectivity index (χ2n) is 1.33. The van der Waals surface area contributed by atoms with E-state index in [2.05, 4.69) is 12.4 Å². The molecule has 0 aliphatic heterocycles. The van der Waals surface area contributed by atoms with Gasteiger partial charge in [0.2, 0.25) is 0 Å². The summed E-state index contributed by atoms with van der Waals surface area (Å²) in [5.74, 6) is 0. The highest BCUT2D eigenvalue weighted by molar-refractivity contribution is 5.85. The van der Waals surface area contributed by atoms with Crippen molar-refractivity contribution in [2.24, 2.45) is 0 Å². The molecule has 8 heavy (non-hydrogen) atoms. The molecule has 0 heterocycles. The van der Waals surface area contributed by atoms with Gasteiger partial charge in [0.25, 0.3) is 0 Å². The van der Waals surface area contributed by atoms with Gasteiger partial charge in [-0.2, -0.15) is 0 Å². The number of hydroxylamine groups is 1. The van der Waals surface area contributed by atoms with Crippen molar-refractivity contribution in [2.45, 2.75) is 20.3 Å². The maximum Gasteiger partial charge on any atom is 0.0653 e. The molecule has 0 rings (SSSR count). The van der Waals surface area contributed by atoms with Crippen molar-refractivity contribution in [3.05, 3.63) is 0 Å². The summed E-state index contributed by atoms with van der Waals surface area (Å²) in [6, 6.07) is 0. The largest absolute Gasteiger partial charge is 0.302 e. The minimum absolute atomic E-state index is 0. The predicted molar refractivity (Wildman–Crippen MR) is 37.2 cm³/mol. The Morgan fingerprint density at radius 3 is 2.38 bits per heavy atom. The first-order valence-corrected chi connectivity index (χ1v) is 2.76. The van der Waals surface area contributed by atoms with E-state index < -0.39 is 0 Å². The molecule has 0 spiro atoms. The highest BCUT2D eigenvalue weighted by Crippen LogP contribution is 1.68. The molecule has 1 N–H and O–H groups in total. The minimum atomic E-state index is 0. The van der Waals surface area contributed by atoms with Gasteiger partial charge >= 0.3 is 0 Å². The molecule has 0 saturated heterocycles. The maximum atomic E-state index is 4.82. The van der Waals surface area contributed by atoms with Gasteiger partial charge in [0.15, 0.2) is 0 Å². The molecule has 0 bridgehead atoms. The van der Waals surface area contributed by atoms with E-state index >= 15 is 0 Å². The summed E-state index contributed by atoms with van der Waals surface area (Å²) in [4.78, 5) is 4.82. The lowest BCUT2D eigenvalue weighted by Crippen LogP contribution is -2.14. The Balaban J connectivity index is 0. The molecule has 0 saturated carbocycles. The van der Waals surface area contributed by atoms with Gasteiger partial charge in [-0.3, -0.25) is 0 Å². The molecule has 3 heteroatoms. The second kappa shape index (κ2) is 10.2. The second-order valence-corrected chi connectivity index (χ2v) is 1.33. The Bertz CT molecular complexity index is 31.6. The van der Waals surface area contributed by atoms with Crippen molar-refractivity contribution in [2.75, 3.05) is 13.2 Å². The van der Waals surface area contributed by atoms with E-state index in [1.165, 1.54) is 0 Å². The summed E-state index contributed by atoms with van der Waals surface area (Å²) in [6.07, 6.45) is 1.12. The molecule has 0 atom stereocenters. The van der Waals surface area contributed by atoms with Crippen molar-refractivity contribution in [1.82, 2.24) is 5.48 Å². The van der Waals surface area contributed by atoms with Crippen LogP contribution in [0, 0.1) is 0 Å². The van der Waals surface area contributed by atoms with E-state index in [1.54, 1.807) is 0 Å². The molecule has 52 valence electrons. The highest BCUT2D eigenvalue weighted by atomic mass is 35.5. The number of rotatable bonds is 4. The monoisotopic (exact) mass is 139 g/mol. The van der Waals surface area contributed by atoms with Crippen LogP contribution in [0.2, 0.25) is 0 Å². The van der Waals surface area contributed by atoms with Crippen molar-refractivity contribution >= 4 is 12.4 Å². The third-order valence-electron chi connectivity index (χ3n) is 0.598. The van der Waals surface area contributed by atoms with E-state index in [4.69, 9.17) is 4.84 Å². The Kier molecular flexibility index (Phi) is 14.2. The van der Waals surface area contributed by atoms with Crippen LogP contribution in [0.3, 0.4) is 0 Å². The standard InChI is InChI=1S/C5H13NO.ClH/c1-3-5-6-7-4-2;/h6H,3-5H2,1-2H3;1H. The van der Waals surface area contributed by atoms with Gasteiger partial charge in [0.1, 0.15) is 0 Å². The zero-order valence-corrected chi connectivity index (χ0v) is 6.25. The van der Waals surface area contributed by atoms with Crippen LogP contribution in [-0.4, -0.2) is 13.2 Å². The molecule has 0 unspecified atom stereocenters. The van der Waals surface area contributed by atoms with Crippen LogP contribution < -0.4 is 5.48 Å². The molecular formula is C5H14ClNO. The van der Waals surface area contributed by atoms with Crippen LogP contribution in [0.4, 0.5) is 0 Å². The predicted octanol–water partition coefficient (Wildman–Crippen LogP) is 1.36. The first-order chi connectivity index (χ1) is 3.41. The number of hydrogen-bond donors (Lipinski definition) is 1. The summed E-state index contributed by atoms with van der Waals surface area (Å²) in [6.45, 7) is 5.77. The molecule has 0 aromatic heterocycles. The molecule has 0 aliphatic carbocycles. The van der Waals surface area contributed by atoms with Crippen molar-refractivity contribution in [3.8, 4) is 0 Å². The Labute approximate surface area is 57.0 Å². The fourth-order valence-corrected chi connectivity index (χ4v) is 0.276. The van der Waals surface area contributed by atoms with E-state index in [0.717, 1.165) is 19.6 Å². The number of hydrogen-bond acceptors (Lipinski definition) is 2. The molecule has 0 aromatic carbocycles. The first kappa shape index (κ1) is 11.1. The van der Waals surface area contributed by atoms with Gasteiger partial charge in [-0.1, -0.05) is 6.92 Å². The van der Waals surface area contributed by atoms with Gasteiger partial charge in [0, 0.05) is 6.54 Å². The number of nitrogens with one attached hydrogen (secondary N) is 1. The first-order valence-electron chi connectivity index (χ1n) is 2.76. The van der Waals surface area contributed by atoms with E-state index in [0.29, 0.717) is 0 Å². The molecule has 0 amide bonds. The lowest BCUT2D eigenvalue weighted by atomic mass is 10.5. The fraction of sp³-hybridized carbons (Fsp3) is 1.00. The zero-order chi connectivity index (χ0) is 5.54. The van der Waals surface area contributed by atoms with Crippen LogP contribution >= 0.6 is 12.4 Å². The van der Waals surface area contributed by atoms with Crippen LogP contribution in [0.25, 0.3) is 0 Å². The van der Waals surface area contributed by atoms with Gasteiger partial charge in [-0.25, -0.2) is 5.48 Å². The third-order valence-corrected chi connectivity index (χ3v) is 0.598. The quantitative estimate of drug-likeness (QED) is 0.469. The summed E-state index contributed by atoms with van der Waals surface area (Å²) in [5.41, 5.74) is 2.78. The van der Waals surface area contributed by atoms with Gasteiger partial charge in [-0.15, -0.1) is 12.4 Å². The van der Waals surface area contributed by atoms with Crippen molar-refractivity contribution in [3.63, 3.8) is 0 Å². The van der Waals surface area contributed by atoms with Gasteiger partial charge in [0.05, 0.1) is 6.61 Å². The van der Waals surface area contributed by atoms with Crippen LogP contribution in [0.5, 0.6) is 0 Å². The Morgan fingerprint density at radius 2 is 2.00 bits per heavy atom. The lowest BCUT2D eigenvalue weighted by molar-refractivity contribution is 0.0512. The van der Waals surface area contributed by atoms with Crippen LogP contribution in [0.1, 0.15) is 20.3 Å². The molecule has 0 radical (unpaired) electrons. The van der Waals surface area contributed by atoms with E-state index in [-0.39, 0.29) is 12.4 Å². The molecule has 0 aromatic rings. The summed E-state index contributed by atoms with van der Waals surface area (Å²) < 4.78 is 0. The summed E-state index contributed by atoms with van der Waals surface area (Å²) >= 11 is 0. The van der Waals surface area contributed by atoms with Crippen LogP contribution in [0.15, 0.2) is 0 Å². The minimum Gasteiger partial charge on any atom is -0.302 e. The Morgan fingerprint density at radius 1 is 1.38 bits per heavy atom. The molecule has 0 aliphatic rings. The SMILES string of the molecule is CCCNOCC.Cl. The van der Waals surface area contributed by atoms with E-state index in [9.17, 15) is 0 Å². The van der Waals surface area contributed by atoms with E-state index in [1.807, 2.05) is 6.92 Å². The molecular weight excluding hydrogens is 126 g/mol. The number of halogens is 1. The topological polar surface area (TPSA) is 21.3 Å². The van der Waals surface area contributed by atoms with Gasteiger partial charge in [-0.05, 0) is 13.3 Å². The van der Waals surface area contributed by atoms with Crippen molar-refractivity contribution < 1.29 is 4.84 Å². The zero-order valence-electron chi connectivity index (χ0n) is 5.44. The van der Waals surface area contributed by atoms with Crippen molar-refractivity contribution in [1.29, 1.82) is 0 Å². The summed E-state index contributed by atoms with van der Waals surface area (Å²) in [7, 11) is 0. The molecule has 2 nitrogen and oxygen atoms in total. The summed E-state index contributed by atoms with van der Waals surface area (Å²) in [5, 5.41) is 0. The van der Waals surface area contributed by atoms with Gasteiger partial charge < -0.3 is 4.84 Å².